The Morgan fingerprint density at radius 3 is 2.62 bits per heavy atom. The van der Waals surface area contributed by atoms with Crippen molar-refractivity contribution >= 4 is 38.7 Å². The predicted molar refractivity (Wildman–Crippen MR) is 85.4 cm³/mol. The number of fused-ring (bicyclic) bond motifs is 1. The molecule has 0 unspecified atom stereocenters. The number of para-hydroxylation sites is 1. The van der Waals surface area contributed by atoms with Crippen molar-refractivity contribution in [2.75, 3.05) is 17.7 Å². The summed E-state index contributed by atoms with van der Waals surface area (Å²) in [5, 5.41) is 0.588. The summed E-state index contributed by atoms with van der Waals surface area (Å²) < 4.78 is 14.1. The second-order valence-electron chi connectivity index (χ2n) is 4.69. The van der Waals surface area contributed by atoms with Crippen LogP contribution in [-0.2, 0) is 0 Å². The van der Waals surface area contributed by atoms with E-state index >= 15 is 0 Å². The van der Waals surface area contributed by atoms with E-state index in [1.807, 2.05) is 30.3 Å². The molecule has 3 nitrogen and oxygen atoms in total. The van der Waals surface area contributed by atoms with Crippen LogP contribution in [0, 0.1) is 5.82 Å². The third kappa shape index (κ3) is 2.36. The largest absolute Gasteiger partial charge is 0.397 e. The van der Waals surface area contributed by atoms with E-state index < -0.39 is 0 Å². The fraction of sp³-hybridized carbons (Fsp3) is 0.0625. The lowest BCUT2D eigenvalue weighted by Gasteiger charge is -2.16. The highest BCUT2D eigenvalue weighted by atomic mass is 32.1. The molecule has 0 saturated heterocycles. The summed E-state index contributed by atoms with van der Waals surface area (Å²) >= 11 is 1.28. The van der Waals surface area contributed by atoms with Gasteiger partial charge in [0.2, 0.25) is 0 Å². The van der Waals surface area contributed by atoms with Crippen LogP contribution in [0.3, 0.4) is 0 Å². The van der Waals surface area contributed by atoms with Crippen molar-refractivity contribution < 1.29 is 9.18 Å². The molecule has 0 bridgehead atoms. The number of nitrogen functional groups attached to an aromatic ring is 1. The zero-order valence-corrected chi connectivity index (χ0v) is 12.2. The second-order valence-corrected chi connectivity index (χ2v) is 5.74. The molecule has 2 N–H and O–H groups in total. The van der Waals surface area contributed by atoms with Crippen LogP contribution in [0.2, 0.25) is 0 Å². The highest BCUT2D eigenvalue weighted by molar-refractivity contribution is 7.21. The van der Waals surface area contributed by atoms with Gasteiger partial charge in [-0.25, -0.2) is 4.39 Å². The lowest BCUT2D eigenvalue weighted by atomic mass is 10.2. The third-order valence-corrected chi connectivity index (χ3v) is 4.51. The average molecular weight is 300 g/mol. The number of hydrogen-bond donors (Lipinski definition) is 1. The van der Waals surface area contributed by atoms with Gasteiger partial charge in [0.15, 0.2) is 0 Å². The molecule has 0 fully saturated rings. The first-order valence-electron chi connectivity index (χ1n) is 6.38. The maximum Gasteiger partial charge on any atom is 0.270 e. The van der Waals surface area contributed by atoms with E-state index in [9.17, 15) is 9.18 Å². The molecule has 0 radical (unpaired) electrons. The van der Waals surface area contributed by atoms with Gasteiger partial charge in [-0.2, -0.15) is 0 Å². The van der Waals surface area contributed by atoms with E-state index in [-0.39, 0.29) is 11.7 Å². The first kappa shape index (κ1) is 13.6. The number of rotatable bonds is 2. The SMILES string of the molecule is CN(C(=O)c1sc2ccc(F)cc2c1N)c1ccccc1. The number of anilines is 2. The lowest BCUT2D eigenvalue weighted by molar-refractivity contribution is 0.0997. The van der Waals surface area contributed by atoms with Crippen molar-refractivity contribution in [2.45, 2.75) is 0 Å². The number of hydrogen-bond acceptors (Lipinski definition) is 3. The molecule has 3 rings (SSSR count). The van der Waals surface area contributed by atoms with Gasteiger partial charge in [0, 0.05) is 22.8 Å². The summed E-state index contributed by atoms with van der Waals surface area (Å²) in [7, 11) is 1.70. The van der Waals surface area contributed by atoms with Crippen molar-refractivity contribution in [3.05, 3.63) is 59.2 Å². The molecule has 0 aliphatic carbocycles. The van der Waals surface area contributed by atoms with E-state index in [0.717, 1.165) is 10.4 Å². The Hall–Kier alpha value is -2.40. The Bertz CT molecular complexity index is 814. The van der Waals surface area contributed by atoms with Crippen molar-refractivity contribution in [3.8, 4) is 0 Å². The number of benzene rings is 2. The summed E-state index contributed by atoms with van der Waals surface area (Å²) in [4.78, 5) is 14.6. The Labute approximate surface area is 125 Å². The zero-order valence-electron chi connectivity index (χ0n) is 11.3. The number of carbonyl (C=O) groups excluding carboxylic acids is 1. The molecule has 2 aromatic carbocycles. The second kappa shape index (κ2) is 5.18. The van der Waals surface area contributed by atoms with Gasteiger partial charge in [-0.1, -0.05) is 18.2 Å². The number of nitrogens with two attached hydrogens (primary N) is 1. The minimum Gasteiger partial charge on any atom is -0.397 e. The molecule has 106 valence electrons. The maximum absolute atomic E-state index is 13.3. The standard InChI is InChI=1S/C16H13FN2OS/c1-19(11-5-3-2-4-6-11)16(20)15-14(18)12-9-10(17)7-8-13(12)21-15/h2-9H,18H2,1H3. The molecular formula is C16H13FN2OS. The van der Waals surface area contributed by atoms with Gasteiger partial charge in [0.25, 0.3) is 5.91 Å². The Balaban J connectivity index is 2.04. The number of nitrogens with zero attached hydrogens (tertiary/aromatic N) is 1. The van der Waals surface area contributed by atoms with Gasteiger partial charge >= 0.3 is 0 Å². The summed E-state index contributed by atoms with van der Waals surface area (Å²) in [6.45, 7) is 0. The first-order chi connectivity index (χ1) is 10.1. The molecule has 1 amide bonds. The molecular weight excluding hydrogens is 287 g/mol. The molecule has 0 saturated carbocycles. The number of halogens is 1. The topological polar surface area (TPSA) is 46.3 Å². The predicted octanol–water partition coefficient (Wildman–Crippen LogP) is 3.90. The van der Waals surface area contributed by atoms with E-state index in [1.54, 1.807) is 13.1 Å². The van der Waals surface area contributed by atoms with E-state index in [2.05, 4.69) is 0 Å². The number of amides is 1. The molecule has 0 aliphatic heterocycles. The van der Waals surface area contributed by atoms with Crippen LogP contribution in [0.1, 0.15) is 9.67 Å². The van der Waals surface area contributed by atoms with E-state index in [1.165, 1.54) is 28.4 Å². The molecule has 1 heterocycles. The minimum atomic E-state index is -0.359. The lowest BCUT2D eigenvalue weighted by Crippen LogP contribution is -2.25. The normalized spacial score (nSPS) is 10.8. The van der Waals surface area contributed by atoms with Crippen molar-refractivity contribution in [3.63, 3.8) is 0 Å². The van der Waals surface area contributed by atoms with Gasteiger partial charge in [-0.3, -0.25) is 4.79 Å². The summed E-state index contributed by atoms with van der Waals surface area (Å²) in [6, 6.07) is 13.7. The average Bonchev–Trinajstić information content (AvgIpc) is 2.83. The summed E-state index contributed by atoms with van der Waals surface area (Å²) in [6.07, 6.45) is 0. The van der Waals surface area contributed by atoms with Crippen LogP contribution in [0.25, 0.3) is 10.1 Å². The maximum atomic E-state index is 13.3. The highest BCUT2D eigenvalue weighted by Gasteiger charge is 2.20. The Kier molecular flexibility index (Phi) is 3.35. The van der Waals surface area contributed by atoms with E-state index in [4.69, 9.17) is 5.73 Å². The van der Waals surface area contributed by atoms with Gasteiger partial charge in [-0.15, -0.1) is 11.3 Å². The summed E-state index contributed by atoms with van der Waals surface area (Å²) in [5.74, 6) is -0.553. The quantitative estimate of drug-likeness (QED) is 0.780. The highest BCUT2D eigenvalue weighted by Crippen LogP contribution is 2.35. The fourth-order valence-corrected chi connectivity index (χ4v) is 3.25. The molecule has 3 aromatic rings. The third-order valence-electron chi connectivity index (χ3n) is 3.33. The van der Waals surface area contributed by atoms with Gasteiger partial charge < -0.3 is 10.6 Å². The molecule has 5 heteroatoms. The van der Waals surface area contributed by atoms with Crippen molar-refractivity contribution in [1.82, 2.24) is 0 Å². The van der Waals surface area contributed by atoms with Crippen molar-refractivity contribution in [2.24, 2.45) is 0 Å². The van der Waals surface area contributed by atoms with Crippen LogP contribution in [0.15, 0.2) is 48.5 Å². The van der Waals surface area contributed by atoms with Gasteiger partial charge in [-0.05, 0) is 30.3 Å². The molecule has 0 spiro atoms. The molecule has 21 heavy (non-hydrogen) atoms. The monoisotopic (exact) mass is 300 g/mol. The summed E-state index contributed by atoms with van der Waals surface area (Å²) in [5.41, 5.74) is 7.14. The van der Waals surface area contributed by atoms with Crippen LogP contribution in [-0.4, -0.2) is 13.0 Å². The van der Waals surface area contributed by atoms with Gasteiger partial charge in [0.1, 0.15) is 10.7 Å². The van der Waals surface area contributed by atoms with Crippen LogP contribution < -0.4 is 10.6 Å². The Morgan fingerprint density at radius 1 is 1.19 bits per heavy atom. The smallest absolute Gasteiger partial charge is 0.270 e. The van der Waals surface area contributed by atoms with Gasteiger partial charge in [0.05, 0.1) is 5.69 Å². The number of carbonyl (C=O) groups is 1. The van der Waals surface area contributed by atoms with Crippen LogP contribution in [0.5, 0.6) is 0 Å². The number of thiophene rings is 1. The van der Waals surface area contributed by atoms with Crippen LogP contribution in [0.4, 0.5) is 15.8 Å². The van der Waals surface area contributed by atoms with Crippen molar-refractivity contribution in [1.29, 1.82) is 0 Å². The first-order valence-corrected chi connectivity index (χ1v) is 7.20. The zero-order chi connectivity index (χ0) is 15.0. The molecule has 0 atom stereocenters. The molecule has 1 aromatic heterocycles. The Morgan fingerprint density at radius 2 is 1.90 bits per heavy atom. The fourth-order valence-electron chi connectivity index (χ4n) is 2.17. The minimum absolute atomic E-state index is 0.194. The van der Waals surface area contributed by atoms with Crippen LogP contribution >= 0.6 is 11.3 Å². The molecule has 0 aliphatic rings. The van der Waals surface area contributed by atoms with E-state index in [0.29, 0.717) is 16.0 Å².